The molecule has 2 nitrogen and oxygen atoms in total. The molecule has 0 amide bonds. The van der Waals surface area contributed by atoms with Gasteiger partial charge in [0, 0.05) is 11.6 Å². The predicted octanol–water partition coefficient (Wildman–Crippen LogP) is 4.31. The minimum atomic E-state index is 0.349. The third-order valence-corrected chi connectivity index (χ3v) is 4.08. The van der Waals surface area contributed by atoms with Gasteiger partial charge in [0.2, 0.25) is 0 Å². The molecule has 19 heavy (non-hydrogen) atoms. The average Bonchev–Trinajstić information content (AvgIpc) is 2.39. The van der Waals surface area contributed by atoms with E-state index in [1.165, 1.54) is 31.2 Å². The minimum Gasteiger partial charge on any atom is -0.490 e. The summed E-state index contributed by atoms with van der Waals surface area (Å²) >= 11 is 0. The highest BCUT2D eigenvalue weighted by atomic mass is 16.5. The van der Waals surface area contributed by atoms with E-state index in [1.54, 1.807) is 0 Å². The van der Waals surface area contributed by atoms with Crippen LogP contribution < -0.4 is 10.1 Å². The maximum Gasteiger partial charge on any atom is 0.124 e. The van der Waals surface area contributed by atoms with Gasteiger partial charge in [-0.25, -0.2) is 0 Å². The lowest BCUT2D eigenvalue weighted by atomic mass is 9.88. The van der Waals surface area contributed by atoms with Crippen molar-refractivity contribution in [1.82, 2.24) is 5.32 Å². The van der Waals surface area contributed by atoms with Crippen LogP contribution in [-0.4, -0.2) is 12.6 Å². The highest BCUT2D eigenvalue weighted by molar-refractivity contribution is 5.35. The van der Waals surface area contributed by atoms with Crippen LogP contribution in [0.3, 0.4) is 0 Å². The number of hydrogen-bond donors (Lipinski definition) is 1. The third kappa shape index (κ3) is 3.97. The molecule has 1 saturated carbocycles. The predicted molar refractivity (Wildman–Crippen MR) is 80.6 cm³/mol. The van der Waals surface area contributed by atoms with Gasteiger partial charge in [0.1, 0.15) is 5.75 Å². The number of hydrogen-bond acceptors (Lipinski definition) is 2. The van der Waals surface area contributed by atoms with E-state index in [2.05, 4.69) is 50.4 Å². The zero-order valence-electron chi connectivity index (χ0n) is 12.5. The molecule has 1 aliphatic rings. The maximum atomic E-state index is 6.28. The van der Waals surface area contributed by atoms with Crippen molar-refractivity contribution in [2.24, 2.45) is 5.92 Å². The van der Waals surface area contributed by atoms with Crippen LogP contribution in [0.25, 0.3) is 0 Å². The fourth-order valence-electron chi connectivity index (χ4n) is 3.03. The van der Waals surface area contributed by atoms with Crippen LogP contribution in [-0.2, 0) is 0 Å². The molecule has 3 unspecified atom stereocenters. The fourth-order valence-corrected chi connectivity index (χ4v) is 3.03. The molecule has 1 aromatic carbocycles. The standard InChI is InChI=1S/C17H27NO/c1-4-18-14(3)16-10-5-6-11-17(16)19-15-9-7-8-13(2)12-15/h5-6,10-11,13-15,18H,4,7-9,12H2,1-3H3. The molecule has 0 spiro atoms. The van der Waals surface area contributed by atoms with Crippen molar-refractivity contribution in [2.45, 2.75) is 58.6 Å². The van der Waals surface area contributed by atoms with Gasteiger partial charge in [-0.05, 0) is 44.7 Å². The van der Waals surface area contributed by atoms with Gasteiger partial charge >= 0.3 is 0 Å². The van der Waals surface area contributed by atoms with Gasteiger partial charge in [0.05, 0.1) is 6.10 Å². The van der Waals surface area contributed by atoms with Crippen molar-refractivity contribution in [3.05, 3.63) is 29.8 Å². The second-order valence-electron chi connectivity index (χ2n) is 5.83. The molecule has 2 heteroatoms. The fraction of sp³-hybridized carbons (Fsp3) is 0.647. The number of benzene rings is 1. The summed E-state index contributed by atoms with van der Waals surface area (Å²) in [5.41, 5.74) is 1.28. The molecule has 1 aromatic rings. The van der Waals surface area contributed by atoms with Crippen LogP contribution in [0, 0.1) is 5.92 Å². The minimum absolute atomic E-state index is 0.349. The molecule has 0 aliphatic heterocycles. The van der Waals surface area contributed by atoms with Crippen LogP contribution in [0.4, 0.5) is 0 Å². The van der Waals surface area contributed by atoms with Gasteiger partial charge in [0.25, 0.3) is 0 Å². The molecule has 0 aromatic heterocycles. The Hall–Kier alpha value is -1.02. The molecule has 0 radical (unpaired) electrons. The molecule has 1 aliphatic carbocycles. The van der Waals surface area contributed by atoms with Crippen LogP contribution in [0.1, 0.15) is 58.1 Å². The first kappa shape index (κ1) is 14.4. The molecular formula is C17H27NO. The van der Waals surface area contributed by atoms with Crippen molar-refractivity contribution in [2.75, 3.05) is 6.54 Å². The SMILES string of the molecule is CCNC(C)c1ccccc1OC1CCCC(C)C1. The Bertz CT molecular complexity index is 391. The summed E-state index contributed by atoms with van der Waals surface area (Å²) in [7, 11) is 0. The van der Waals surface area contributed by atoms with Crippen molar-refractivity contribution in [3.8, 4) is 5.75 Å². The lowest BCUT2D eigenvalue weighted by Crippen LogP contribution is -2.25. The van der Waals surface area contributed by atoms with E-state index in [0.717, 1.165) is 18.2 Å². The first-order valence-corrected chi connectivity index (χ1v) is 7.69. The first-order valence-electron chi connectivity index (χ1n) is 7.69. The van der Waals surface area contributed by atoms with E-state index in [1.807, 2.05) is 0 Å². The van der Waals surface area contributed by atoms with E-state index < -0.39 is 0 Å². The van der Waals surface area contributed by atoms with Crippen LogP contribution in [0.2, 0.25) is 0 Å². The number of rotatable bonds is 5. The topological polar surface area (TPSA) is 21.3 Å². The Kier molecular flexibility index (Phi) is 5.26. The van der Waals surface area contributed by atoms with E-state index in [-0.39, 0.29) is 0 Å². The van der Waals surface area contributed by atoms with Crippen molar-refractivity contribution in [3.63, 3.8) is 0 Å². The van der Waals surface area contributed by atoms with Crippen LogP contribution in [0.5, 0.6) is 5.75 Å². The molecule has 1 fully saturated rings. The molecule has 0 heterocycles. The van der Waals surface area contributed by atoms with Gasteiger partial charge in [-0.3, -0.25) is 0 Å². The van der Waals surface area contributed by atoms with Crippen molar-refractivity contribution < 1.29 is 4.74 Å². The number of para-hydroxylation sites is 1. The summed E-state index contributed by atoms with van der Waals surface area (Å²) in [6, 6.07) is 8.81. The normalized spacial score (nSPS) is 25.0. The molecule has 0 bridgehead atoms. The van der Waals surface area contributed by atoms with Crippen LogP contribution in [0.15, 0.2) is 24.3 Å². The molecular weight excluding hydrogens is 234 g/mol. The first-order chi connectivity index (χ1) is 9.20. The number of nitrogens with one attached hydrogen (secondary N) is 1. The summed E-state index contributed by atoms with van der Waals surface area (Å²) in [6.45, 7) is 7.66. The Balaban J connectivity index is 2.06. The Morgan fingerprint density at radius 3 is 2.84 bits per heavy atom. The highest BCUT2D eigenvalue weighted by Gasteiger charge is 2.21. The van der Waals surface area contributed by atoms with Crippen molar-refractivity contribution in [1.29, 1.82) is 0 Å². The van der Waals surface area contributed by atoms with Gasteiger partial charge in [-0.2, -0.15) is 0 Å². The molecule has 106 valence electrons. The lowest BCUT2D eigenvalue weighted by Gasteiger charge is -2.29. The molecule has 0 saturated heterocycles. The number of ether oxygens (including phenoxy) is 1. The summed E-state index contributed by atoms with van der Waals surface area (Å²) in [5.74, 6) is 1.87. The zero-order chi connectivity index (χ0) is 13.7. The summed E-state index contributed by atoms with van der Waals surface area (Å²) in [4.78, 5) is 0. The maximum absolute atomic E-state index is 6.28. The second kappa shape index (κ2) is 6.95. The Morgan fingerprint density at radius 1 is 1.32 bits per heavy atom. The van der Waals surface area contributed by atoms with Crippen LogP contribution >= 0.6 is 0 Å². The lowest BCUT2D eigenvalue weighted by molar-refractivity contribution is 0.127. The quantitative estimate of drug-likeness (QED) is 0.852. The van der Waals surface area contributed by atoms with Gasteiger partial charge in [0.15, 0.2) is 0 Å². The third-order valence-electron chi connectivity index (χ3n) is 4.08. The Morgan fingerprint density at radius 2 is 2.11 bits per heavy atom. The average molecular weight is 261 g/mol. The largest absolute Gasteiger partial charge is 0.490 e. The highest BCUT2D eigenvalue weighted by Crippen LogP contribution is 2.31. The van der Waals surface area contributed by atoms with Gasteiger partial charge in [-0.1, -0.05) is 38.5 Å². The molecule has 2 rings (SSSR count). The van der Waals surface area contributed by atoms with Gasteiger partial charge in [-0.15, -0.1) is 0 Å². The van der Waals surface area contributed by atoms with E-state index >= 15 is 0 Å². The smallest absolute Gasteiger partial charge is 0.124 e. The van der Waals surface area contributed by atoms with E-state index in [9.17, 15) is 0 Å². The summed E-state index contributed by atoms with van der Waals surface area (Å²) in [6.07, 6.45) is 5.46. The van der Waals surface area contributed by atoms with Gasteiger partial charge < -0.3 is 10.1 Å². The molecule has 1 N–H and O–H groups in total. The second-order valence-corrected chi connectivity index (χ2v) is 5.83. The Labute approximate surface area is 117 Å². The molecule has 3 atom stereocenters. The summed E-state index contributed by atoms with van der Waals surface area (Å²) in [5, 5.41) is 3.47. The zero-order valence-corrected chi connectivity index (χ0v) is 12.5. The monoisotopic (exact) mass is 261 g/mol. The summed E-state index contributed by atoms with van der Waals surface area (Å²) < 4.78 is 6.28. The van der Waals surface area contributed by atoms with E-state index in [0.29, 0.717) is 12.1 Å². The van der Waals surface area contributed by atoms with Crippen molar-refractivity contribution >= 4 is 0 Å². The van der Waals surface area contributed by atoms with E-state index in [4.69, 9.17) is 4.74 Å².